The van der Waals surface area contributed by atoms with Gasteiger partial charge in [-0.15, -0.1) is 0 Å². The summed E-state index contributed by atoms with van der Waals surface area (Å²) in [5.41, 5.74) is 0.661. The molecule has 0 atom stereocenters. The quantitative estimate of drug-likeness (QED) is 0.466. The van der Waals surface area contributed by atoms with E-state index in [1.54, 1.807) is 37.3 Å². The number of hydrogen-bond donors (Lipinski definition) is 0. The van der Waals surface area contributed by atoms with E-state index in [-0.39, 0.29) is 11.5 Å². The van der Waals surface area contributed by atoms with Gasteiger partial charge < -0.3 is 0 Å². The van der Waals surface area contributed by atoms with E-state index in [2.05, 4.69) is 0 Å². The lowest BCUT2D eigenvalue weighted by atomic mass is 10.1. The van der Waals surface area contributed by atoms with Crippen molar-refractivity contribution in [1.82, 2.24) is 0 Å². The van der Waals surface area contributed by atoms with Gasteiger partial charge in [0.05, 0.1) is 9.82 Å². The molecule has 2 rings (SSSR count). The maximum Gasteiger partial charge on any atom is 0.283 e. The molecule has 0 N–H and O–H groups in total. The van der Waals surface area contributed by atoms with Crippen LogP contribution in [-0.4, -0.2) is 10.7 Å². The van der Waals surface area contributed by atoms with Crippen LogP contribution in [0.3, 0.4) is 0 Å². The number of para-hydroxylation sites is 1. The first-order chi connectivity index (χ1) is 9.63. The molecule has 0 aliphatic rings. The van der Waals surface area contributed by atoms with Crippen molar-refractivity contribution in [2.45, 2.75) is 23.1 Å². The van der Waals surface area contributed by atoms with Crippen LogP contribution < -0.4 is 0 Å². The standard InChI is InChI=1S/C15H13NO3S/c1-2-13(17)11-7-3-5-9-14(11)20-15-10-6-4-8-12(15)16(18)19/h3-10H,2H2,1H3. The van der Waals surface area contributed by atoms with Crippen molar-refractivity contribution in [3.8, 4) is 0 Å². The molecule has 0 heterocycles. The van der Waals surface area contributed by atoms with Gasteiger partial charge in [0.25, 0.3) is 5.69 Å². The van der Waals surface area contributed by atoms with Crippen LogP contribution >= 0.6 is 11.8 Å². The van der Waals surface area contributed by atoms with Crippen LogP contribution in [0.4, 0.5) is 5.69 Å². The van der Waals surface area contributed by atoms with Crippen molar-refractivity contribution < 1.29 is 9.72 Å². The van der Waals surface area contributed by atoms with Crippen LogP contribution in [0.1, 0.15) is 23.7 Å². The van der Waals surface area contributed by atoms with Crippen LogP contribution in [0, 0.1) is 10.1 Å². The fourth-order valence-corrected chi connectivity index (χ4v) is 2.86. The van der Waals surface area contributed by atoms with Gasteiger partial charge in [-0.05, 0) is 12.1 Å². The van der Waals surface area contributed by atoms with Gasteiger partial charge in [0, 0.05) is 22.9 Å². The van der Waals surface area contributed by atoms with Gasteiger partial charge in [0.2, 0.25) is 0 Å². The smallest absolute Gasteiger partial charge is 0.283 e. The molecule has 20 heavy (non-hydrogen) atoms. The summed E-state index contributed by atoms with van der Waals surface area (Å²) in [6.07, 6.45) is 0.411. The number of nitro benzene ring substituents is 1. The number of nitrogens with zero attached hydrogens (tertiary/aromatic N) is 1. The first-order valence-corrected chi connectivity index (χ1v) is 6.98. The third-order valence-electron chi connectivity index (χ3n) is 2.79. The molecule has 0 bridgehead atoms. The van der Waals surface area contributed by atoms with Crippen molar-refractivity contribution in [2.24, 2.45) is 0 Å². The number of Topliss-reactive ketones (excluding diaryl/α,β-unsaturated/α-hetero) is 1. The fourth-order valence-electron chi connectivity index (χ4n) is 1.79. The second-order valence-electron chi connectivity index (χ2n) is 4.10. The fraction of sp³-hybridized carbons (Fsp3) is 0.133. The first-order valence-electron chi connectivity index (χ1n) is 6.17. The monoisotopic (exact) mass is 287 g/mol. The van der Waals surface area contributed by atoms with Crippen LogP contribution in [0.25, 0.3) is 0 Å². The molecule has 4 nitrogen and oxygen atoms in total. The molecule has 0 aliphatic carbocycles. The zero-order valence-corrected chi connectivity index (χ0v) is 11.7. The molecule has 0 saturated heterocycles. The zero-order valence-electron chi connectivity index (χ0n) is 10.9. The van der Waals surface area contributed by atoms with Crippen LogP contribution in [0.2, 0.25) is 0 Å². The Labute approximate surface area is 121 Å². The van der Waals surface area contributed by atoms with Crippen LogP contribution in [0.15, 0.2) is 58.3 Å². The van der Waals surface area contributed by atoms with Gasteiger partial charge in [-0.3, -0.25) is 14.9 Å². The number of carbonyl (C=O) groups excluding carboxylic acids is 1. The Balaban J connectivity index is 2.41. The van der Waals surface area contributed by atoms with Gasteiger partial charge in [0.1, 0.15) is 0 Å². The molecule has 0 aliphatic heterocycles. The van der Waals surface area contributed by atoms with Crippen molar-refractivity contribution >= 4 is 23.2 Å². The number of ketones is 1. The highest BCUT2D eigenvalue weighted by Gasteiger charge is 2.16. The minimum absolute atomic E-state index is 0.0340. The summed E-state index contributed by atoms with van der Waals surface area (Å²) in [5, 5.41) is 11.0. The number of hydrogen-bond acceptors (Lipinski definition) is 4. The Bertz CT molecular complexity index is 655. The van der Waals surface area contributed by atoms with E-state index in [1.807, 2.05) is 12.1 Å². The third kappa shape index (κ3) is 3.05. The van der Waals surface area contributed by atoms with E-state index >= 15 is 0 Å². The maximum absolute atomic E-state index is 11.9. The number of carbonyl (C=O) groups is 1. The molecular weight excluding hydrogens is 274 g/mol. The molecule has 0 fully saturated rings. The zero-order chi connectivity index (χ0) is 14.5. The van der Waals surface area contributed by atoms with E-state index in [9.17, 15) is 14.9 Å². The Morgan fingerprint density at radius 3 is 2.35 bits per heavy atom. The predicted octanol–water partition coefficient (Wildman–Crippen LogP) is 4.34. The van der Waals surface area contributed by atoms with E-state index in [0.29, 0.717) is 16.9 Å². The normalized spacial score (nSPS) is 10.2. The van der Waals surface area contributed by atoms with Crippen molar-refractivity contribution in [1.29, 1.82) is 0 Å². The minimum atomic E-state index is -0.410. The number of nitro groups is 1. The molecule has 0 spiro atoms. The highest BCUT2D eigenvalue weighted by Crippen LogP contribution is 2.36. The Morgan fingerprint density at radius 2 is 1.70 bits per heavy atom. The largest absolute Gasteiger partial charge is 0.294 e. The number of rotatable bonds is 5. The molecule has 5 heteroatoms. The lowest BCUT2D eigenvalue weighted by Gasteiger charge is -2.07. The summed E-state index contributed by atoms with van der Waals surface area (Å²) in [6, 6.07) is 13.7. The summed E-state index contributed by atoms with van der Waals surface area (Å²) in [4.78, 5) is 23.8. The van der Waals surface area contributed by atoms with E-state index < -0.39 is 4.92 Å². The second kappa shape index (κ2) is 6.34. The number of benzene rings is 2. The molecule has 2 aromatic rings. The Hall–Kier alpha value is -2.14. The maximum atomic E-state index is 11.9. The highest BCUT2D eigenvalue weighted by molar-refractivity contribution is 7.99. The van der Waals surface area contributed by atoms with Crippen molar-refractivity contribution in [2.75, 3.05) is 0 Å². The molecule has 0 radical (unpaired) electrons. The molecular formula is C15H13NO3S. The SMILES string of the molecule is CCC(=O)c1ccccc1Sc1ccccc1[N+](=O)[O-]. The second-order valence-corrected chi connectivity index (χ2v) is 5.18. The molecule has 0 amide bonds. The summed E-state index contributed by atoms with van der Waals surface area (Å²) in [6.45, 7) is 1.80. The Kier molecular flexibility index (Phi) is 4.53. The summed E-state index contributed by atoms with van der Waals surface area (Å²) in [5.74, 6) is 0.0340. The van der Waals surface area contributed by atoms with E-state index in [0.717, 1.165) is 4.90 Å². The van der Waals surface area contributed by atoms with Crippen molar-refractivity contribution in [3.63, 3.8) is 0 Å². The lowest BCUT2D eigenvalue weighted by Crippen LogP contribution is -1.98. The Morgan fingerprint density at radius 1 is 1.10 bits per heavy atom. The highest BCUT2D eigenvalue weighted by atomic mass is 32.2. The molecule has 2 aromatic carbocycles. The molecule has 102 valence electrons. The van der Waals surface area contributed by atoms with Gasteiger partial charge >= 0.3 is 0 Å². The van der Waals surface area contributed by atoms with Crippen LogP contribution in [-0.2, 0) is 0 Å². The predicted molar refractivity (Wildman–Crippen MR) is 78.3 cm³/mol. The van der Waals surface area contributed by atoms with Gasteiger partial charge in [0.15, 0.2) is 5.78 Å². The molecule has 0 aromatic heterocycles. The summed E-state index contributed by atoms with van der Waals surface area (Å²) in [7, 11) is 0. The summed E-state index contributed by atoms with van der Waals surface area (Å²) >= 11 is 1.25. The molecule has 0 saturated carbocycles. The van der Waals surface area contributed by atoms with Crippen molar-refractivity contribution in [3.05, 3.63) is 64.2 Å². The first kappa shape index (κ1) is 14.3. The van der Waals surface area contributed by atoms with Gasteiger partial charge in [-0.2, -0.15) is 0 Å². The third-order valence-corrected chi connectivity index (χ3v) is 3.93. The lowest BCUT2D eigenvalue weighted by molar-refractivity contribution is -0.387. The van der Waals surface area contributed by atoms with E-state index in [4.69, 9.17) is 0 Å². The minimum Gasteiger partial charge on any atom is -0.294 e. The topological polar surface area (TPSA) is 60.2 Å². The summed E-state index contributed by atoms with van der Waals surface area (Å²) < 4.78 is 0. The molecule has 0 unspecified atom stereocenters. The average molecular weight is 287 g/mol. The van der Waals surface area contributed by atoms with Gasteiger partial charge in [-0.25, -0.2) is 0 Å². The average Bonchev–Trinajstić information content (AvgIpc) is 2.47. The van der Waals surface area contributed by atoms with Crippen LogP contribution in [0.5, 0.6) is 0 Å². The van der Waals surface area contributed by atoms with E-state index in [1.165, 1.54) is 17.8 Å². The van der Waals surface area contributed by atoms with Gasteiger partial charge in [-0.1, -0.05) is 49.0 Å².